The van der Waals surface area contributed by atoms with Gasteiger partial charge in [-0.3, -0.25) is 9.00 Å². The van der Waals surface area contributed by atoms with Gasteiger partial charge in [0.1, 0.15) is 5.75 Å². The molecule has 0 spiro atoms. The highest BCUT2D eigenvalue weighted by molar-refractivity contribution is 7.84. The second-order valence-electron chi connectivity index (χ2n) is 5.37. The number of ether oxygens (including phenoxy) is 1. The second-order valence-corrected chi connectivity index (χ2v) is 7.08. The van der Waals surface area contributed by atoms with Crippen molar-refractivity contribution in [2.45, 2.75) is 50.0 Å². The van der Waals surface area contributed by atoms with Crippen LogP contribution < -0.4 is 4.74 Å². The molecule has 0 aromatic heterocycles. The number of carbonyl (C=O) groups is 1. The number of rotatable bonds is 5. The normalized spacial score (nSPS) is 17.7. The fourth-order valence-corrected chi connectivity index (χ4v) is 4.34. The molecule has 1 aliphatic carbocycles. The Morgan fingerprint density at radius 2 is 2.00 bits per heavy atom. The molecule has 1 aliphatic rings. The Labute approximate surface area is 123 Å². The lowest BCUT2D eigenvalue weighted by Gasteiger charge is -2.21. The van der Waals surface area contributed by atoms with Crippen molar-refractivity contribution in [1.82, 2.24) is 0 Å². The van der Waals surface area contributed by atoms with Crippen LogP contribution in [0.2, 0.25) is 0 Å². The van der Waals surface area contributed by atoms with Gasteiger partial charge in [-0.05, 0) is 38.0 Å². The summed E-state index contributed by atoms with van der Waals surface area (Å²) in [4.78, 5) is 11.5. The third-order valence-electron chi connectivity index (χ3n) is 3.91. The highest BCUT2D eigenvalue weighted by Crippen LogP contribution is 2.27. The van der Waals surface area contributed by atoms with E-state index in [0.29, 0.717) is 16.6 Å². The van der Waals surface area contributed by atoms with Crippen molar-refractivity contribution in [3.05, 3.63) is 29.3 Å². The van der Waals surface area contributed by atoms with Gasteiger partial charge >= 0.3 is 0 Å². The third-order valence-corrected chi connectivity index (χ3v) is 5.72. The fraction of sp³-hybridized carbons (Fsp3) is 0.562. The molecule has 0 saturated heterocycles. The van der Waals surface area contributed by atoms with E-state index in [1.54, 1.807) is 26.2 Å². The number of hydrogen-bond acceptors (Lipinski definition) is 3. The summed E-state index contributed by atoms with van der Waals surface area (Å²) in [6.07, 6.45) is 5.74. The van der Waals surface area contributed by atoms with Gasteiger partial charge < -0.3 is 4.74 Å². The van der Waals surface area contributed by atoms with Crippen LogP contribution in [0.25, 0.3) is 0 Å². The lowest BCUT2D eigenvalue weighted by molar-refractivity contribution is 0.101. The molecular weight excluding hydrogens is 272 g/mol. The smallest absolute Gasteiger partial charge is 0.159 e. The molecule has 0 amide bonds. The van der Waals surface area contributed by atoms with Crippen LogP contribution in [0.4, 0.5) is 0 Å². The first-order chi connectivity index (χ1) is 9.61. The van der Waals surface area contributed by atoms with E-state index in [2.05, 4.69) is 0 Å². The minimum absolute atomic E-state index is 0.0253. The summed E-state index contributed by atoms with van der Waals surface area (Å²) in [5, 5.41) is 0.300. The standard InChI is InChI=1S/C16H22O3S/c1-12(17)13-8-9-16(19-2)14(10-13)11-20(18)15-6-4-3-5-7-15/h8-10,15H,3-7,11H2,1-2H3. The van der Waals surface area contributed by atoms with Crippen LogP contribution in [0.3, 0.4) is 0 Å². The van der Waals surface area contributed by atoms with Crippen molar-refractivity contribution in [2.24, 2.45) is 0 Å². The average Bonchev–Trinajstić information content (AvgIpc) is 2.48. The van der Waals surface area contributed by atoms with Gasteiger partial charge in [-0.25, -0.2) is 0 Å². The number of ketones is 1. The first-order valence-corrected chi connectivity index (χ1v) is 8.55. The molecule has 20 heavy (non-hydrogen) atoms. The monoisotopic (exact) mass is 294 g/mol. The molecule has 0 heterocycles. The van der Waals surface area contributed by atoms with E-state index in [1.807, 2.05) is 6.07 Å². The van der Waals surface area contributed by atoms with Gasteiger partial charge in [0.05, 0.1) is 12.9 Å². The van der Waals surface area contributed by atoms with Crippen molar-refractivity contribution in [3.8, 4) is 5.75 Å². The van der Waals surface area contributed by atoms with E-state index in [-0.39, 0.29) is 5.78 Å². The van der Waals surface area contributed by atoms with Crippen LogP contribution in [-0.4, -0.2) is 22.4 Å². The van der Waals surface area contributed by atoms with Crippen LogP contribution in [0.1, 0.15) is 54.9 Å². The summed E-state index contributed by atoms with van der Waals surface area (Å²) in [6, 6.07) is 5.38. The molecule has 1 fully saturated rings. The van der Waals surface area contributed by atoms with Crippen molar-refractivity contribution in [3.63, 3.8) is 0 Å². The van der Waals surface area contributed by atoms with Gasteiger partial charge in [-0.1, -0.05) is 19.3 Å². The molecule has 0 radical (unpaired) electrons. The van der Waals surface area contributed by atoms with Gasteiger partial charge in [0.25, 0.3) is 0 Å². The summed E-state index contributed by atoms with van der Waals surface area (Å²) in [5.41, 5.74) is 1.53. The lowest BCUT2D eigenvalue weighted by Crippen LogP contribution is -2.20. The summed E-state index contributed by atoms with van der Waals surface area (Å²) in [5.74, 6) is 1.23. The highest BCUT2D eigenvalue weighted by atomic mass is 32.2. The molecule has 1 aromatic rings. The number of hydrogen-bond donors (Lipinski definition) is 0. The van der Waals surface area contributed by atoms with Gasteiger partial charge in [0, 0.05) is 27.2 Å². The van der Waals surface area contributed by atoms with Crippen molar-refractivity contribution in [1.29, 1.82) is 0 Å². The van der Waals surface area contributed by atoms with E-state index in [4.69, 9.17) is 4.74 Å². The Kier molecular flexibility index (Phi) is 5.35. The number of Topliss-reactive ketones (excluding diaryl/α,β-unsaturated/α-hetero) is 1. The zero-order valence-corrected chi connectivity index (χ0v) is 13.0. The van der Waals surface area contributed by atoms with Crippen molar-refractivity contribution < 1.29 is 13.7 Å². The minimum Gasteiger partial charge on any atom is -0.496 e. The Hall–Kier alpha value is -1.16. The molecule has 2 rings (SSSR count). The molecule has 110 valence electrons. The molecule has 4 heteroatoms. The quantitative estimate of drug-likeness (QED) is 0.781. The maximum Gasteiger partial charge on any atom is 0.159 e. The third kappa shape index (κ3) is 3.69. The molecule has 1 atom stereocenters. The van der Waals surface area contributed by atoms with Crippen molar-refractivity contribution >= 4 is 16.6 Å². The molecule has 1 aromatic carbocycles. The SMILES string of the molecule is COc1ccc(C(C)=O)cc1CS(=O)C1CCCCC1. The predicted octanol–water partition coefficient (Wildman–Crippen LogP) is 3.48. The molecular formula is C16H22O3S. The number of methoxy groups -OCH3 is 1. The van der Waals surface area contributed by atoms with Crippen LogP contribution in [0, 0.1) is 0 Å². The number of carbonyl (C=O) groups excluding carboxylic acids is 1. The summed E-state index contributed by atoms with van der Waals surface area (Å²) in [7, 11) is 0.725. The lowest BCUT2D eigenvalue weighted by atomic mass is 10.0. The first-order valence-electron chi connectivity index (χ1n) is 7.17. The molecule has 0 aliphatic heterocycles. The molecule has 0 bridgehead atoms. The second kappa shape index (κ2) is 7.02. The molecule has 1 unspecified atom stereocenters. The summed E-state index contributed by atoms with van der Waals surface area (Å²) >= 11 is 0. The van der Waals surface area contributed by atoms with Crippen LogP contribution >= 0.6 is 0 Å². The van der Waals surface area contributed by atoms with Crippen molar-refractivity contribution in [2.75, 3.05) is 7.11 Å². The topological polar surface area (TPSA) is 43.4 Å². The van der Waals surface area contributed by atoms with E-state index >= 15 is 0 Å². The van der Waals surface area contributed by atoms with E-state index in [1.165, 1.54) is 19.3 Å². The minimum atomic E-state index is -0.882. The van der Waals surface area contributed by atoms with E-state index in [0.717, 1.165) is 24.2 Å². The molecule has 3 nitrogen and oxygen atoms in total. The Bertz CT molecular complexity index is 504. The van der Waals surface area contributed by atoms with Gasteiger partial charge in [-0.2, -0.15) is 0 Å². The van der Waals surface area contributed by atoms with Gasteiger partial charge in [0.2, 0.25) is 0 Å². The van der Waals surface area contributed by atoms with Crippen LogP contribution in [0.15, 0.2) is 18.2 Å². The molecule has 0 N–H and O–H groups in total. The number of benzene rings is 1. The van der Waals surface area contributed by atoms with E-state index < -0.39 is 10.8 Å². The first kappa shape index (κ1) is 15.2. The Morgan fingerprint density at radius 1 is 1.30 bits per heavy atom. The van der Waals surface area contributed by atoms with E-state index in [9.17, 15) is 9.00 Å². The highest BCUT2D eigenvalue weighted by Gasteiger charge is 2.21. The Morgan fingerprint density at radius 3 is 2.60 bits per heavy atom. The van der Waals surface area contributed by atoms with Gasteiger partial charge in [-0.15, -0.1) is 0 Å². The molecule has 1 saturated carbocycles. The fourth-order valence-electron chi connectivity index (χ4n) is 2.71. The predicted molar refractivity (Wildman–Crippen MR) is 81.7 cm³/mol. The zero-order valence-electron chi connectivity index (χ0n) is 12.2. The maximum absolute atomic E-state index is 12.5. The average molecular weight is 294 g/mol. The summed E-state index contributed by atoms with van der Waals surface area (Å²) in [6.45, 7) is 1.55. The largest absolute Gasteiger partial charge is 0.496 e. The van der Waals surface area contributed by atoms with Gasteiger partial charge in [0.15, 0.2) is 5.78 Å². The summed E-state index contributed by atoms with van der Waals surface area (Å²) < 4.78 is 17.8. The van der Waals surface area contributed by atoms with Crippen LogP contribution in [-0.2, 0) is 16.6 Å². The maximum atomic E-state index is 12.5. The Balaban J connectivity index is 2.15. The zero-order chi connectivity index (χ0) is 14.5. The van der Waals surface area contributed by atoms with Crippen LogP contribution in [0.5, 0.6) is 5.75 Å².